The third kappa shape index (κ3) is 3.50. The third-order valence-electron chi connectivity index (χ3n) is 2.65. The van der Waals surface area contributed by atoms with Crippen LogP contribution in [0.25, 0.3) is 0 Å². The Balaban J connectivity index is 2.31. The predicted octanol–water partition coefficient (Wildman–Crippen LogP) is 0.970. The van der Waals surface area contributed by atoms with Crippen molar-refractivity contribution in [1.82, 2.24) is 4.90 Å². The second-order valence-electron chi connectivity index (χ2n) is 3.77. The molecule has 1 atom stereocenters. The molecule has 0 radical (unpaired) electrons. The number of amides is 1. The van der Waals surface area contributed by atoms with Crippen LogP contribution in [0.3, 0.4) is 0 Å². The van der Waals surface area contributed by atoms with Gasteiger partial charge in [-0.2, -0.15) is 11.8 Å². The fourth-order valence-electron chi connectivity index (χ4n) is 1.79. The smallest absolute Gasteiger partial charge is 0.223 e. The first-order valence-electron chi connectivity index (χ1n) is 5.15. The van der Waals surface area contributed by atoms with Crippen molar-refractivity contribution in [2.45, 2.75) is 19.3 Å². The van der Waals surface area contributed by atoms with Gasteiger partial charge < -0.3 is 10.0 Å². The zero-order chi connectivity index (χ0) is 10.4. The van der Waals surface area contributed by atoms with Gasteiger partial charge in [0.05, 0.1) is 0 Å². The highest BCUT2D eigenvalue weighted by molar-refractivity contribution is 7.98. The first-order chi connectivity index (χ1) is 6.77. The molecule has 82 valence electrons. The summed E-state index contributed by atoms with van der Waals surface area (Å²) in [5.74, 6) is 1.46. The van der Waals surface area contributed by atoms with E-state index in [2.05, 4.69) is 0 Å². The molecule has 1 N–H and O–H groups in total. The van der Waals surface area contributed by atoms with Gasteiger partial charge in [0.2, 0.25) is 5.91 Å². The van der Waals surface area contributed by atoms with Gasteiger partial charge in [0.15, 0.2) is 0 Å². The van der Waals surface area contributed by atoms with Crippen molar-refractivity contribution in [1.29, 1.82) is 0 Å². The standard InChI is InChI=1S/C10H19NO2S/c1-14-6-4-10(13)11-5-2-3-9(7-11)8-12/h9,12H,2-8H2,1H3. The van der Waals surface area contributed by atoms with Gasteiger partial charge in [-0.1, -0.05) is 0 Å². The van der Waals surface area contributed by atoms with Gasteiger partial charge in [-0.3, -0.25) is 4.79 Å². The van der Waals surface area contributed by atoms with Gasteiger partial charge in [0.25, 0.3) is 0 Å². The molecular weight excluding hydrogens is 198 g/mol. The third-order valence-corrected chi connectivity index (χ3v) is 3.26. The first-order valence-corrected chi connectivity index (χ1v) is 6.55. The Morgan fingerprint density at radius 2 is 2.43 bits per heavy atom. The number of carbonyl (C=O) groups excluding carboxylic acids is 1. The van der Waals surface area contributed by atoms with Crippen LogP contribution in [0.2, 0.25) is 0 Å². The molecule has 0 aliphatic carbocycles. The lowest BCUT2D eigenvalue weighted by Gasteiger charge is -2.31. The summed E-state index contributed by atoms with van der Waals surface area (Å²) in [4.78, 5) is 13.6. The summed E-state index contributed by atoms with van der Waals surface area (Å²) in [5, 5.41) is 9.02. The Hall–Kier alpha value is -0.220. The molecule has 0 aromatic rings. The van der Waals surface area contributed by atoms with Crippen LogP contribution in [0.5, 0.6) is 0 Å². The number of aliphatic hydroxyl groups is 1. The number of carbonyl (C=O) groups is 1. The Kier molecular flexibility index (Phi) is 5.33. The molecule has 1 rings (SSSR count). The van der Waals surface area contributed by atoms with Crippen LogP contribution in [0.15, 0.2) is 0 Å². The van der Waals surface area contributed by atoms with Gasteiger partial charge in [0.1, 0.15) is 0 Å². The van der Waals surface area contributed by atoms with Crippen LogP contribution in [-0.4, -0.2) is 47.6 Å². The van der Waals surface area contributed by atoms with Crippen molar-refractivity contribution in [3.05, 3.63) is 0 Å². The molecule has 3 nitrogen and oxygen atoms in total. The molecular formula is C10H19NO2S. The van der Waals surface area contributed by atoms with Crippen LogP contribution < -0.4 is 0 Å². The molecule has 0 saturated carbocycles. The molecule has 1 amide bonds. The highest BCUT2D eigenvalue weighted by Gasteiger charge is 2.22. The lowest BCUT2D eigenvalue weighted by Crippen LogP contribution is -2.41. The van der Waals surface area contributed by atoms with E-state index in [0.29, 0.717) is 12.3 Å². The van der Waals surface area contributed by atoms with E-state index in [9.17, 15) is 4.79 Å². The summed E-state index contributed by atoms with van der Waals surface area (Å²) in [7, 11) is 0. The highest BCUT2D eigenvalue weighted by Crippen LogP contribution is 2.16. The van der Waals surface area contributed by atoms with E-state index in [1.54, 1.807) is 11.8 Å². The van der Waals surface area contributed by atoms with Crippen LogP contribution in [-0.2, 0) is 4.79 Å². The maximum atomic E-state index is 11.6. The van der Waals surface area contributed by atoms with Crippen LogP contribution in [0.4, 0.5) is 0 Å². The van der Waals surface area contributed by atoms with E-state index in [-0.39, 0.29) is 12.5 Å². The van der Waals surface area contributed by atoms with Crippen molar-refractivity contribution in [3.63, 3.8) is 0 Å². The number of piperidine rings is 1. The molecule has 1 unspecified atom stereocenters. The fraction of sp³-hybridized carbons (Fsp3) is 0.900. The molecule has 1 heterocycles. The summed E-state index contributed by atoms with van der Waals surface area (Å²) in [6, 6.07) is 0. The zero-order valence-electron chi connectivity index (χ0n) is 8.74. The van der Waals surface area contributed by atoms with E-state index in [1.807, 2.05) is 11.2 Å². The van der Waals surface area contributed by atoms with Gasteiger partial charge in [-0.25, -0.2) is 0 Å². The van der Waals surface area contributed by atoms with Gasteiger partial charge in [0, 0.05) is 31.9 Å². The zero-order valence-corrected chi connectivity index (χ0v) is 9.55. The summed E-state index contributed by atoms with van der Waals surface area (Å²) in [6.45, 7) is 1.85. The number of likely N-dealkylation sites (tertiary alicyclic amines) is 1. The molecule has 1 aliphatic heterocycles. The molecule has 4 heteroatoms. The average Bonchev–Trinajstić information content (AvgIpc) is 2.26. The quantitative estimate of drug-likeness (QED) is 0.763. The van der Waals surface area contributed by atoms with E-state index >= 15 is 0 Å². The molecule has 1 aliphatic rings. The summed E-state index contributed by atoms with van der Waals surface area (Å²) < 4.78 is 0. The number of hydrogen-bond acceptors (Lipinski definition) is 3. The van der Waals surface area contributed by atoms with E-state index in [4.69, 9.17) is 5.11 Å². The minimum absolute atomic E-state index is 0.215. The van der Waals surface area contributed by atoms with Crippen molar-refractivity contribution in [2.24, 2.45) is 5.92 Å². The van der Waals surface area contributed by atoms with E-state index in [1.165, 1.54) is 0 Å². The van der Waals surface area contributed by atoms with E-state index < -0.39 is 0 Å². The fourth-order valence-corrected chi connectivity index (χ4v) is 2.17. The number of thioether (sulfide) groups is 1. The lowest BCUT2D eigenvalue weighted by molar-refractivity contribution is -0.132. The Morgan fingerprint density at radius 1 is 1.64 bits per heavy atom. The maximum absolute atomic E-state index is 11.6. The predicted molar refractivity (Wildman–Crippen MR) is 59.4 cm³/mol. The van der Waals surface area contributed by atoms with Crippen LogP contribution >= 0.6 is 11.8 Å². The second-order valence-corrected chi connectivity index (χ2v) is 4.76. The molecule has 14 heavy (non-hydrogen) atoms. The van der Waals surface area contributed by atoms with E-state index in [0.717, 1.165) is 31.7 Å². The molecule has 0 aromatic heterocycles. The number of rotatable bonds is 4. The monoisotopic (exact) mass is 217 g/mol. The van der Waals surface area contributed by atoms with Crippen molar-refractivity contribution < 1.29 is 9.90 Å². The molecule has 1 fully saturated rings. The largest absolute Gasteiger partial charge is 0.396 e. The second kappa shape index (κ2) is 6.30. The minimum atomic E-state index is 0.215. The summed E-state index contributed by atoms with van der Waals surface area (Å²) in [5.41, 5.74) is 0. The summed E-state index contributed by atoms with van der Waals surface area (Å²) in [6.07, 6.45) is 4.75. The van der Waals surface area contributed by atoms with Crippen molar-refractivity contribution in [2.75, 3.05) is 31.7 Å². The molecule has 0 bridgehead atoms. The average molecular weight is 217 g/mol. The lowest BCUT2D eigenvalue weighted by atomic mass is 9.99. The Morgan fingerprint density at radius 3 is 3.07 bits per heavy atom. The topological polar surface area (TPSA) is 40.5 Å². The molecule has 0 aromatic carbocycles. The van der Waals surface area contributed by atoms with Crippen LogP contribution in [0.1, 0.15) is 19.3 Å². The normalized spacial score (nSPS) is 22.4. The van der Waals surface area contributed by atoms with Crippen molar-refractivity contribution >= 4 is 17.7 Å². The summed E-state index contributed by atoms with van der Waals surface area (Å²) >= 11 is 1.70. The minimum Gasteiger partial charge on any atom is -0.396 e. The molecule has 0 spiro atoms. The van der Waals surface area contributed by atoms with Gasteiger partial charge in [-0.05, 0) is 25.0 Å². The maximum Gasteiger partial charge on any atom is 0.223 e. The molecule has 1 saturated heterocycles. The Labute approximate surface area is 89.9 Å². The number of hydrogen-bond donors (Lipinski definition) is 1. The van der Waals surface area contributed by atoms with Crippen LogP contribution in [0, 0.1) is 5.92 Å². The number of nitrogens with zero attached hydrogens (tertiary/aromatic N) is 1. The number of aliphatic hydroxyl groups excluding tert-OH is 1. The first kappa shape index (κ1) is 11.9. The SMILES string of the molecule is CSCCC(=O)N1CCCC(CO)C1. The van der Waals surface area contributed by atoms with Crippen molar-refractivity contribution in [3.8, 4) is 0 Å². The van der Waals surface area contributed by atoms with Gasteiger partial charge in [-0.15, -0.1) is 0 Å². The Bertz CT molecular complexity index is 187. The highest BCUT2D eigenvalue weighted by atomic mass is 32.2. The van der Waals surface area contributed by atoms with Gasteiger partial charge >= 0.3 is 0 Å².